The predicted octanol–water partition coefficient (Wildman–Crippen LogP) is 1.66. The van der Waals surface area contributed by atoms with Crippen molar-refractivity contribution in [2.45, 2.75) is 38.3 Å². The zero-order chi connectivity index (χ0) is 16.4. The molecule has 2 aromatic heterocycles. The van der Waals surface area contributed by atoms with Crippen LogP contribution in [-0.2, 0) is 28.9 Å². The van der Waals surface area contributed by atoms with Crippen LogP contribution in [0.1, 0.15) is 35.9 Å². The Hall–Kier alpha value is -2.21. The first-order chi connectivity index (χ1) is 11.8. The van der Waals surface area contributed by atoms with Crippen molar-refractivity contribution in [2.75, 3.05) is 13.2 Å². The highest BCUT2D eigenvalue weighted by Gasteiger charge is 2.27. The molecule has 4 rings (SSSR count). The zero-order valence-electron chi connectivity index (χ0n) is 13.6. The van der Waals surface area contributed by atoms with Crippen LogP contribution in [0.25, 0.3) is 0 Å². The lowest BCUT2D eigenvalue weighted by Crippen LogP contribution is -2.33. The number of hydrogen-bond acceptors (Lipinski definition) is 4. The van der Waals surface area contributed by atoms with Crippen molar-refractivity contribution in [2.24, 2.45) is 5.92 Å². The number of carbonyl (C=O) groups is 1. The minimum atomic E-state index is -0.151. The van der Waals surface area contributed by atoms with E-state index in [0.717, 1.165) is 30.3 Å². The molecule has 2 aliphatic rings. The Balaban J connectivity index is 1.35. The molecule has 6 nitrogen and oxygen atoms in total. The molecule has 1 unspecified atom stereocenters. The number of hydrogen-bond donors (Lipinski definition) is 1. The van der Waals surface area contributed by atoms with Gasteiger partial charge in [0, 0.05) is 31.2 Å². The summed E-state index contributed by atoms with van der Waals surface area (Å²) in [4.78, 5) is 16.3. The Morgan fingerprint density at radius 3 is 3.08 bits per heavy atom. The summed E-state index contributed by atoms with van der Waals surface area (Å²) in [7, 11) is 0. The van der Waals surface area contributed by atoms with Gasteiger partial charge in [-0.1, -0.05) is 6.07 Å². The monoisotopic (exact) mass is 326 g/mol. The SMILES string of the molecule is O=C(Cc1ccccn1)NCC1OCCc2cn(CC3CC3)nc21. The van der Waals surface area contributed by atoms with Crippen LogP contribution in [0.3, 0.4) is 0 Å². The molecular formula is C18H22N4O2. The molecule has 2 aromatic rings. The summed E-state index contributed by atoms with van der Waals surface area (Å²) in [6.45, 7) is 2.15. The van der Waals surface area contributed by atoms with Gasteiger partial charge < -0.3 is 10.1 Å². The molecule has 0 aromatic carbocycles. The van der Waals surface area contributed by atoms with E-state index >= 15 is 0 Å². The molecule has 1 fully saturated rings. The van der Waals surface area contributed by atoms with E-state index in [-0.39, 0.29) is 18.4 Å². The lowest BCUT2D eigenvalue weighted by atomic mass is 10.1. The average Bonchev–Trinajstić information content (AvgIpc) is 3.30. The van der Waals surface area contributed by atoms with Gasteiger partial charge in [-0.2, -0.15) is 5.10 Å². The third kappa shape index (κ3) is 3.64. The molecule has 24 heavy (non-hydrogen) atoms. The van der Waals surface area contributed by atoms with E-state index in [1.54, 1.807) is 6.20 Å². The third-order valence-electron chi connectivity index (χ3n) is 4.56. The van der Waals surface area contributed by atoms with Crippen LogP contribution in [0.15, 0.2) is 30.6 Å². The Labute approximate surface area is 141 Å². The van der Waals surface area contributed by atoms with Crippen molar-refractivity contribution < 1.29 is 9.53 Å². The first-order valence-electron chi connectivity index (χ1n) is 8.62. The van der Waals surface area contributed by atoms with E-state index in [2.05, 4.69) is 21.2 Å². The summed E-state index contributed by atoms with van der Waals surface area (Å²) < 4.78 is 7.89. The minimum absolute atomic E-state index is 0.0400. The van der Waals surface area contributed by atoms with Crippen LogP contribution in [0.4, 0.5) is 0 Å². The van der Waals surface area contributed by atoms with Crippen molar-refractivity contribution in [3.05, 3.63) is 47.5 Å². The molecular weight excluding hydrogens is 304 g/mol. The minimum Gasteiger partial charge on any atom is -0.370 e. The Kier molecular flexibility index (Phi) is 4.30. The zero-order valence-corrected chi connectivity index (χ0v) is 13.6. The maximum absolute atomic E-state index is 12.1. The lowest BCUT2D eigenvalue weighted by Gasteiger charge is -2.22. The fraction of sp³-hybridized carbons (Fsp3) is 0.500. The van der Waals surface area contributed by atoms with Crippen LogP contribution in [0.2, 0.25) is 0 Å². The molecule has 6 heteroatoms. The molecule has 0 saturated heterocycles. The van der Waals surface area contributed by atoms with Gasteiger partial charge in [0.2, 0.25) is 5.91 Å². The van der Waals surface area contributed by atoms with E-state index in [1.807, 2.05) is 18.2 Å². The lowest BCUT2D eigenvalue weighted by molar-refractivity contribution is -0.121. The molecule has 0 radical (unpaired) electrons. The number of ether oxygens (including phenoxy) is 1. The maximum Gasteiger partial charge on any atom is 0.226 e. The highest BCUT2D eigenvalue weighted by molar-refractivity contribution is 5.78. The van der Waals surface area contributed by atoms with Crippen LogP contribution in [0.5, 0.6) is 0 Å². The number of aromatic nitrogens is 3. The number of nitrogens with zero attached hydrogens (tertiary/aromatic N) is 3. The molecule has 1 N–H and O–H groups in total. The molecule has 0 spiro atoms. The first-order valence-corrected chi connectivity index (χ1v) is 8.62. The van der Waals surface area contributed by atoms with E-state index in [0.29, 0.717) is 13.2 Å². The predicted molar refractivity (Wildman–Crippen MR) is 88.3 cm³/mol. The second-order valence-electron chi connectivity index (χ2n) is 6.62. The third-order valence-corrected chi connectivity index (χ3v) is 4.56. The van der Waals surface area contributed by atoms with Crippen molar-refractivity contribution in [3.8, 4) is 0 Å². The van der Waals surface area contributed by atoms with Crippen molar-refractivity contribution >= 4 is 5.91 Å². The number of fused-ring (bicyclic) bond motifs is 1. The summed E-state index contributed by atoms with van der Waals surface area (Å²) in [5.41, 5.74) is 3.01. The topological polar surface area (TPSA) is 69.0 Å². The number of carbonyl (C=O) groups excluding carboxylic acids is 1. The first kappa shape index (κ1) is 15.3. The normalized spacial score (nSPS) is 19.8. The highest BCUT2D eigenvalue weighted by Crippen LogP contribution is 2.32. The summed E-state index contributed by atoms with van der Waals surface area (Å²) in [5.74, 6) is 0.755. The molecule has 126 valence electrons. The van der Waals surface area contributed by atoms with Gasteiger partial charge in [0.1, 0.15) is 6.10 Å². The average molecular weight is 326 g/mol. The van der Waals surface area contributed by atoms with Gasteiger partial charge in [0.25, 0.3) is 0 Å². The van der Waals surface area contributed by atoms with E-state index < -0.39 is 0 Å². The second-order valence-corrected chi connectivity index (χ2v) is 6.62. The highest BCUT2D eigenvalue weighted by atomic mass is 16.5. The number of nitrogens with one attached hydrogen (secondary N) is 1. The Bertz CT molecular complexity index is 709. The second kappa shape index (κ2) is 6.73. The standard InChI is InChI=1S/C18H22N4O2/c23-17(9-15-3-1-2-7-19-15)20-10-16-18-14(6-8-24-16)12-22(21-18)11-13-4-5-13/h1-3,7,12-13,16H,4-6,8-11H2,(H,20,23). The van der Waals surface area contributed by atoms with E-state index in [4.69, 9.17) is 9.84 Å². The van der Waals surface area contributed by atoms with E-state index in [9.17, 15) is 4.79 Å². The number of rotatable bonds is 6. The van der Waals surface area contributed by atoms with E-state index in [1.165, 1.54) is 18.4 Å². The Morgan fingerprint density at radius 2 is 2.29 bits per heavy atom. The number of pyridine rings is 1. The van der Waals surface area contributed by atoms with Gasteiger partial charge in [0.15, 0.2) is 0 Å². The molecule has 1 amide bonds. The fourth-order valence-corrected chi connectivity index (χ4v) is 3.08. The molecule has 1 saturated carbocycles. The molecule has 0 bridgehead atoms. The maximum atomic E-state index is 12.1. The van der Waals surface area contributed by atoms with Gasteiger partial charge >= 0.3 is 0 Å². The van der Waals surface area contributed by atoms with Crippen LogP contribution < -0.4 is 5.32 Å². The van der Waals surface area contributed by atoms with Gasteiger partial charge in [0.05, 0.1) is 18.7 Å². The fourth-order valence-electron chi connectivity index (χ4n) is 3.08. The largest absolute Gasteiger partial charge is 0.370 e. The van der Waals surface area contributed by atoms with Gasteiger partial charge in [-0.25, -0.2) is 0 Å². The van der Waals surface area contributed by atoms with Crippen LogP contribution >= 0.6 is 0 Å². The summed E-state index contributed by atoms with van der Waals surface area (Å²) in [6, 6.07) is 5.59. The van der Waals surface area contributed by atoms with Crippen LogP contribution in [-0.4, -0.2) is 33.8 Å². The van der Waals surface area contributed by atoms with Crippen LogP contribution in [0, 0.1) is 5.92 Å². The van der Waals surface area contributed by atoms with Crippen molar-refractivity contribution in [1.29, 1.82) is 0 Å². The molecule has 1 atom stereocenters. The molecule has 3 heterocycles. The summed E-state index contributed by atoms with van der Waals surface area (Å²) in [5, 5.41) is 7.65. The van der Waals surface area contributed by atoms with Crippen molar-refractivity contribution in [3.63, 3.8) is 0 Å². The molecule has 1 aliphatic heterocycles. The van der Waals surface area contributed by atoms with Gasteiger partial charge in [-0.15, -0.1) is 0 Å². The Morgan fingerprint density at radius 1 is 1.38 bits per heavy atom. The van der Waals surface area contributed by atoms with Crippen molar-refractivity contribution in [1.82, 2.24) is 20.1 Å². The summed E-state index contributed by atoms with van der Waals surface area (Å²) in [6.07, 6.45) is 7.52. The summed E-state index contributed by atoms with van der Waals surface area (Å²) >= 11 is 0. The van der Waals surface area contributed by atoms with Gasteiger partial charge in [-0.3, -0.25) is 14.5 Å². The van der Waals surface area contributed by atoms with Gasteiger partial charge in [-0.05, 0) is 42.9 Å². The molecule has 1 aliphatic carbocycles. The quantitative estimate of drug-likeness (QED) is 0.876. The number of amides is 1. The smallest absolute Gasteiger partial charge is 0.226 e.